The topological polar surface area (TPSA) is 34.9 Å². The summed E-state index contributed by atoms with van der Waals surface area (Å²) in [5.41, 5.74) is 9.48. The molecule has 0 spiro atoms. The standard InChI is InChI=1S/C39H29N2OP/c1-2-38-40-34-25-32(31-23-29(27-14-6-3-7-15-27)22-30(24-31)28-16-8-4-9-17-28)26-37-39(34)41(38)35-20-12-13-21-36(35)43(37,42)33-18-10-5-11-19-33/h3-26H,2H2,1H3. The van der Waals surface area contributed by atoms with Gasteiger partial charge in [0.25, 0.3) is 0 Å². The maximum atomic E-state index is 15.7. The molecule has 0 fully saturated rings. The molecule has 0 saturated carbocycles. The molecule has 43 heavy (non-hydrogen) atoms. The van der Waals surface area contributed by atoms with Crippen LogP contribution in [0.3, 0.4) is 0 Å². The van der Waals surface area contributed by atoms with Crippen LogP contribution in [0.5, 0.6) is 0 Å². The predicted molar refractivity (Wildman–Crippen MR) is 180 cm³/mol. The fourth-order valence-electron chi connectivity index (χ4n) is 6.49. The number of rotatable bonds is 5. The first kappa shape index (κ1) is 25.7. The van der Waals surface area contributed by atoms with Crippen molar-refractivity contribution in [2.75, 3.05) is 0 Å². The first-order valence-electron chi connectivity index (χ1n) is 14.7. The summed E-state index contributed by atoms with van der Waals surface area (Å²) in [6.07, 6.45) is 0.773. The summed E-state index contributed by atoms with van der Waals surface area (Å²) in [5.74, 6) is 0.975. The number of nitrogens with zero attached hydrogens (tertiary/aromatic N) is 2. The Morgan fingerprint density at radius 1 is 0.558 bits per heavy atom. The fourth-order valence-corrected chi connectivity index (χ4v) is 9.53. The third-order valence-electron chi connectivity index (χ3n) is 8.52. The van der Waals surface area contributed by atoms with Crippen LogP contribution in [0.15, 0.2) is 146 Å². The minimum absolute atomic E-state index is 0.773. The van der Waals surface area contributed by atoms with Gasteiger partial charge in [0.1, 0.15) is 5.82 Å². The van der Waals surface area contributed by atoms with E-state index in [-0.39, 0.29) is 0 Å². The highest BCUT2D eigenvalue weighted by Crippen LogP contribution is 2.50. The molecule has 0 bridgehead atoms. The summed E-state index contributed by atoms with van der Waals surface area (Å²) in [4.78, 5) is 5.15. The van der Waals surface area contributed by atoms with Gasteiger partial charge >= 0.3 is 0 Å². The predicted octanol–water partition coefficient (Wildman–Crippen LogP) is 8.54. The van der Waals surface area contributed by atoms with Crippen LogP contribution in [0.2, 0.25) is 0 Å². The van der Waals surface area contributed by atoms with Gasteiger partial charge in [-0.1, -0.05) is 110 Å². The van der Waals surface area contributed by atoms with E-state index in [4.69, 9.17) is 4.98 Å². The van der Waals surface area contributed by atoms with Crippen LogP contribution in [0.25, 0.3) is 50.1 Å². The lowest BCUT2D eigenvalue weighted by Gasteiger charge is -2.29. The number of para-hydroxylation sites is 1. The first-order chi connectivity index (χ1) is 21.1. The van der Waals surface area contributed by atoms with E-state index in [1.54, 1.807) is 0 Å². The number of aromatic nitrogens is 2. The largest absolute Gasteiger partial charge is 0.308 e. The third kappa shape index (κ3) is 4.04. The Hall–Kier alpha value is -4.98. The van der Waals surface area contributed by atoms with Crippen LogP contribution in [0.4, 0.5) is 0 Å². The van der Waals surface area contributed by atoms with Gasteiger partial charge in [-0.25, -0.2) is 4.98 Å². The summed E-state index contributed by atoms with van der Waals surface area (Å²) in [6.45, 7) is 2.13. The zero-order chi connectivity index (χ0) is 29.0. The summed E-state index contributed by atoms with van der Waals surface area (Å²) in [5, 5.41) is 2.56. The number of aryl methyl sites for hydroxylation is 1. The van der Waals surface area contributed by atoms with Gasteiger partial charge in [-0.3, -0.25) is 4.57 Å². The highest BCUT2D eigenvalue weighted by Gasteiger charge is 2.40. The molecule has 0 amide bonds. The van der Waals surface area contributed by atoms with Crippen molar-refractivity contribution in [1.29, 1.82) is 0 Å². The average molecular weight is 573 g/mol. The highest BCUT2D eigenvalue weighted by atomic mass is 31.2. The minimum atomic E-state index is -3.21. The van der Waals surface area contributed by atoms with Crippen molar-refractivity contribution in [3.8, 4) is 39.1 Å². The molecular formula is C39H29N2OP. The first-order valence-corrected chi connectivity index (χ1v) is 16.4. The van der Waals surface area contributed by atoms with Gasteiger partial charge in [0, 0.05) is 22.3 Å². The second kappa shape index (κ2) is 10.1. The zero-order valence-corrected chi connectivity index (χ0v) is 24.7. The van der Waals surface area contributed by atoms with Crippen molar-refractivity contribution in [3.63, 3.8) is 0 Å². The number of benzene rings is 6. The van der Waals surface area contributed by atoms with Gasteiger partial charge in [0.2, 0.25) is 0 Å². The molecule has 6 aromatic carbocycles. The maximum absolute atomic E-state index is 15.7. The Bertz CT molecular complexity index is 2130. The molecule has 2 heterocycles. The van der Waals surface area contributed by atoms with E-state index < -0.39 is 7.14 Å². The molecule has 0 aliphatic carbocycles. The zero-order valence-electron chi connectivity index (χ0n) is 23.8. The normalized spacial score (nSPS) is 15.4. The number of hydrogen-bond donors (Lipinski definition) is 0. The van der Waals surface area contributed by atoms with Gasteiger partial charge in [0.15, 0.2) is 7.14 Å². The summed E-state index contributed by atoms with van der Waals surface area (Å²) >= 11 is 0. The summed E-state index contributed by atoms with van der Waals surface area (Å²) in [7, 11) is -3.21. The molecule has 0 radical (unpaired) electrons. The van der Waals surface area contributed by atoms with Crippen LogP contribution in [0.1, 0.15) is 12.7 Å². The van der Waals surface area contributed by atoms with Crippen molar-refractivity contribution in [1.82, 2.24) is 9.55 Å². The average Bonchev–Trinajstić information content (AvgIpc) is 3.47. The monoisotopic (exact) mass is 572 g/mol. The van der Waals surface area contributed by atoms with Crippen molar-refractivity contribution in [2.45, 2.75) is 13.3 Å². The fraction of sp³-hybridized carbons (Fsp3) is 0.0513. The van der Waals surface area contributed by atoms with E-state index in [2.05, 4.69) is 96.4 Å². The lowest BCUT2D eigenvalue weighted by atomic mass is 9.93. The molecule has 1 aromatic heterocycles. The Labute approximate surface area is 251 Å². The molecule has 206 valence electrons. The minimum Gasteiger partial charge on any atom is -0.308 e. The molecule has 3 nitrogen and oxygen atoms in total. The second-order valence-corrected chi connectivity index (χ2v) is 13.7. The van der Waals surface area contributed by atoms with Gasteiger partial charge in [-0.05, 0) is 75.8 Å². The van der Waals surface area contributed by atoms with Gasteiger partial charge in [0.05, 0.1) is 16.7 Å². The Morgan fingerprint density at radius 3 is 1.67 bits per heavy atom. The second-order valence-electron chi connectivity index (χ2n) is 11.0. The van der Waals surface area contributed by atoms with Crippen LogP contribution in [-0.4, -0.2) is 9.55 Å². The molecule has 1 atom stereocenters. The van der Waals surface area contributed by atoms with E-state index in [1.165, 1.54) is 0 Å². The quantitative estimate of drug-likeness (QED) is 0.194. The smallest absolute Gasteiger partial charge is 0.175 e. The van der Waals surface area contributed by atoms with E-state index >= 15 is 4.57 Å². The molecule has 0 N–H and O–H groups in total. The molecule has 1 unspecified atom stereocenters. The van der Waals surface area contributed by atoms with Crippen LogP contribution >= 0.6 is 7.14 Å². The molecule has 4 heteroatoms. The van der Waals surface area contributed by atoms with Crippen molar-refractivity contribution in [2.24, 2.45) is 0 Å². The van der Waals surface area contributed by atoms with Crippen molar-refractivity contribution < 1.29 is 4.57 Å². The van der Waals surface area contributed by atoms with E-state index in [0.29, 0.717) is 0 Å². The van der Waals surface area contributed by atoms with Crippen molar-refractivity contribution in [3.05, 3.63) is 151 Å². The van der Waals surface area contributed by atoms with Crippen LogP contribution < -0.4 is 15.9 Å². The molecule has 8 rings (SSSR count). The SMILES string of the molecule is CCc1nc2cc(-c3cc(-c4ccccc4)cc(-c4ccccc4)c3)cc3c2n1-c1ccccc1P3(=O)c1ccccc1. The number of imidazole rings is 1. The van der Waals surface area contributed by atoms with E-state index in [9.17, 15) is 0 Å². The third-order valence-corrected chi connectivity index (χ3v) is 11.6. The lowest BCUT2D eigenvalue weighted by Crippen LogP contribution is -2.33. The highest BCUT2D eigenvalue weighted by molar-refractivity contribution is 7.86. The van der Waals surface area contributed by atoms with Crippen LogP contribution in [-0.2, 0) is 11.0 Å². The maximum Gasteiger partial charge on any atom is 0.175 e. The molecular weight excluding hydrogens is 543 g/mol. The molecule has 1 aliphatic heterocycles. The summed E-state index contributed by atoms with van der Waals surface area (Å²) < 4.78 is 17.9. The lowest BCUT2D eigenvalue weighted by molar-refractivity contribution is 0.592. The van der Waals surface area contributed by atoms with Crippen molar-refractivity contribution >= 4 is 34.1 Å². The van der Waals surface area contributed by atoms with Gasteiger partial charge < -0.3 is 4.57 Å². The molecule has 7 aromatic rings. The van der Waals surface area contributed by atoms with E-state index in [0.717, 1.165) is 78.3 Å². The molecule has 1 aliphatic rings. The Kier molecular flexibility index (Phi) is 6.03. The molecule has 0 saturated heterocycles. The Morgan fingerprint density at radius 2 is 1.07 bits per heavy atom. The van der Waals surface area contributed by atoms with Gasteiger partial charge in [-0.2, -0.15) is 0 Å². The van der Waals surface area contributed by atoms with E-state index in [1.807, 2.05) is 60.7 Å². The number of hydrogen-bond acceptors (Lipinski definition) is 2. The van der Waals surface area contributed by atoms with Gasteiger partial charge in [-0.15, -0.1) is 0 Å². The Balaban J connectivity index is 1.45. The van der Waals surface area contributed by atoms with Crippen LogP contribution in [0, 0.1) is 0 Å². The number of fused-ring (bicyclic) bond motifs is 2. The summed E-state index contributed by atoms with van der Waals surface area (Å²) in [6, 6.07) is 50.2.